The number of rotatable bonds is 8. The summed E-state index contributed by atoms with van der Waals surface area (Å²) >= 11 is 0. The number of carbonyl (C=O) groups excluding carboxylic acids is 2. The lowest BCUT2D eigenvalue weighted by Crippen LogP contribution is -2.41. The molecule has 0 saturated heterocycles. The molecule has 0 radical (unpaired) electrons. The van der Waals surface area contributed by atoms with Crippen molar-refractivity contribution in [1.82, 2.24) is 4.90 Å². The van der Waals surface area contributed by atoms with Crippen LogP contribution < -0.4 is 0 Å². The molecule has 0 rings (SSSR count). The Morgan fingerprint density at radius 1 is 1.00 bits per heavy atom. The van der Waals surface area contributed by atoms with Gasteiger partial charge in [-0.05, 0) is 60.0 Å². The van der Waals surface area contributed by atoms with Gasteiger partial charge < -0.3 is 14.4 Å². The van der Waals surface area contributed by atoms with E-state index in [9.17, 15) is 9.59 Å². The maximum Gasteiger partial charge on any atom is 0.415 e. The minimum Gasteiger partial charge on any atom is -0.466 e. The Labute approximate surface area is 153 Å². The molecule has 0 aromatic heterocycles. The van der Waals surface area contributed by atoms with Crippen LogP contribution in [0.25, 0.3) is 0 Å². The molecule has 0 fully saturated rings. The van der Waals surface area contributed by atoms with Crippen molar-refractivity contribution in [3.63, 3.8) is 0 Å². The summed E-state index contributed by atoms with van der Waals surface area (Å²) in [7, 11) is 0. The smallest absolute Gasteiger partial charge is 0.415 e. The van der Waals surface area contributed by atoms with Crippen molar-refractivity contribution in [2.45, 2.75) is 74.4 Å². The maximum absolute atomic E-state index is 12.4. The number of hydrogen-bond donors (Lipinski definition) is 0. The number of allylic oxidation sites excluding steroid dienone is 2. The quantitative estimate of drug-likeness (QED) is 0.353. The molecule has 1 atom stereocenters. The first-order valence-electron chi connectivity index (χ1n) is 9.07. The van der Waals surface area contributed by atoms with E-state index in [0.717, 1.165) is 5.57 Å². The topological polar surface area (TPSA) is 55.8 Å². The molecule has 0 aromatic rings. The third-order valence-electron chi connectivity index (χ3n) is 3.76. The number of esters is 1. The van der Waals surface area contributed by atoms with Gasteiger partial charge in [-0.25, -0.2) is 4.79 Å². The molecule has 0 aromatic carbocycles. The fourth-order valence-corrected chi connectivity index (χ4v) is 2.72. The summed E-state index contributed by atoms with van der Waals surface area (Å²) in [5.41, 5.74) is 1.57. The van der Waals surface area contributed by atoms with Crippen molar-refractivity contribution in [3.8, 4) is 0 Å². The van der Waals surface area contributed by atoms with E-state index in [1.54, 1.807) is 18.7 Å². The van der Waals surface area contributed by atoms with Crippen LogP contribution in [0.3, 0.4) is 0 Å². The number of nitrogens with zero attached hydrogens (tertiary/aromatic N) is 1. The van der Waals surface area contributed by atoms with Gasteiger partial charge in [0.15, 0.2) is 0 Å². The van der Waals surface area contributed by atoms with Gasteiger partial charge in [0.05, 0.1) is 12.5 Å². The van der Waals surface area contributed by atoms with Gasteiger partial charge in [0.1, 0.15) is 6.26 Å². The predicted molar refractivity (Wildman–Crippen MR) is 101 cm³/mol. The van der Waals surface area contributed by atoms with E-state index in [2.05, 4.69) is 13.8 Å². The van der Waals surface area contributed by atoms with E-state index < -0.39 is 12.0 Å². The van der Waals surface area contributed by atoms with Crippen LogP contribution in [0.2, 0.25) is 0 Å². The summed E-state index contributed by atoms with van der Waals surface area (Å²) in [6.07, 6.45) is 3.02. The lowest BCUT2D eigenvalue weighted by molar-refractivity contribution is -0.146. The molecule has 5 heteroatoms. The van der Waals surface area contributed by atoms with Gasteiger partial charge in [-0.15, -0.1) is 0 Å². The van der Waals surface area contributed by atoms with Crippen molar-refractivity contribution >= 4 is 12.1 Å². The summed E-state index contributed by atoms with van der Waals surface area (Å²) in [6, 6.07) is 0.0540. The summed E-state index contributed by atoms with van der Waals surface area (Å²) in [5.74, 6) is -0.517. The highest BCUT2D eigenvalue weighted by molar-refractivity contribution is 5.77. The molecular formula is C20H35NO4. The van der Waals surface area contributed by atoms with Crippen molar-refractivity contribution in [2.24, 2.45) is 11.8 Å². The first-order valence-corrected chi connectivity index (χ1v) is 9.07. The van der Waals surface area contributed by atoms with Gasteiger partial charge in [0, 0.05) is 17.7 Å². The number of amides is 1. The minimum absolute atomic E-state index is 0.0270. The van der Waals surface area contributed by atoms with Crippen LogP contribution in [0.4, 0.5) is 4.79 Å². The van der Waals surface area contributed by atoms with Crippen molar-refractivity contribution in [3.05, 3.63) is 23.5 Å². The lowest BCUT2D eigenvalue weighted by Gasteiger charge is -2.29. The molecule has 0 heterocycles. The Bertz CT molecular complexity index is 496. The molecule has 0 aliphatic heterocycles. The van der Waals surface area contributed by atoms with Gasteiger partial charge in [0.2, 0.25) is 0 Å². The molecular weight excluding hydrogens is 318 g/mol. The Morgan fingerprint density at radius 3 is 1.92 bits per heavy atom. The Hall–Kier alpha value is -1.78. The van der Waals surface area contributed by atoms with Gasteiger partial charge in [0.25, 0.3) is 0 Å². The van der Waals surface area contributed by atoms with E-state index in [-0.39, 0.29) is 18.1 Å². The van der Waals surface area contributed by atoms with E-state index in [1.165, 1.54) is 6.26 Å². The van der Waals surface area contributed by atoms with Crippen LogP contribution in [0.1, 0.15) is 62.3 Å². The molecule has 0 bridgehead atoms. The monoisotopic (exact) mass is 353 g/mol. The number of carbonyl (C=O) groups is 2. The zero-order valence-electron chi connectivity index (χ0n) is 17.3. The SMILES string of the molecule is CCOC(=O)C(C)C(=C/OC(=O)N(C(C)C)C(C)C)/C(C)=C\C(C)C. The Kier molecular flexibility index (Phi) is 10.2. The normalized spacial score (nSPS) is 14.1. The van der Waals surface area contributed by atoms with Crippen molar-refractivity contribution in [2.75, 3.05) is 6.61 Å². The van der Waals surface area contributed by atoms with Crippen LogP contribution >= 0.6 is 0 Å². The van der Waals surface area contributed by atoms with E-state index in [4.69, 9.17) is 9.47 Å². The molecule has 0 aliphatic rings. The zero-order chi connectivity index (χ0) is 19.7. The van der Waals surface area contributed by atoms with Gasteiger partial charge in [-0.1, -0.05) is 19.9 Å². The molecule has 5 nitrogen and oxygen atoms in total. The highest BCUT2D eigenvalue weighted by atomic mass is 16.5. The van der Waals surface area contributed by atoms with Crippen LogP contribution in [-0.4, -0.2) is 35.7 Å². The molecule has 1 unspecified atom stereocenters. The molecule has 0 aliphatic carbocycles. The van der Waals surface area contributed by atoms with E-state index in [1.807, 2.05) is 40.7 Å². The molecule has 0 spiro atoms. The summed E-state index contributed by atoms with van der Waals surface area (Å²) in [5, 5.41) is 0. The summed E-state index contributed by atoms with van der Waals surface area (Å²) in [4.78, 5) is 26.2. The van der Waals surface area contributed by atoms with Gasteiger partial charge in [-0.3, -0.25) is 4.79 Å². The fraction of sp³-hybridized carbons (Fsp3) is 0.700. The third-order valence-corrected chi connectivity index (χ3v) is 3.76. The van der Waals surface area contributed by atoms with Crippen molar-refractivity contribution < 1.29 is 19.1 Å². The first kappa shape index (κ1) is 23.2. The molecule has 0 saturated carbocycles. The van der Waals surface area contributed by atoms with E-state index >= 15 is 0 Å². The second-order valence-corrected chi connectivity index (χ2v) is 7.12. The van der Waals surface area contributed by atoms with Crippen LogP contribution in [0.15, 0.2) is 23.5 Å². The minimum atomic E-state index is -0.505. The van der Waals surface area contributed by atoms with Crippen molar-refractivity contribution in [1.29, 1.82) is 0 Å². The largest absolute Gasteiger partial charge is 0.466 e. The van der Waals surface area contributed by atoms with Crippen LogP contribution in [0.5, 0.6) is 0 Å². The summed E-state index contributed by atoms with van der Waals surface area (Å²) < 4.78 is 10.5. The third kappa shape index (κ3) is 7.76. The first-order chi connectivity index (χ1) is 11.5. The fourth-order valence-electron chi connectivity index (χ4n) is 2.72. The summed E-state index contributed by atoms with van der Waals surface area (Å²) in [6.45, 7) is 17.6. The average Bonchev–Trinajstić information content (AvgIpc) is 2.45. The lowest BCUT2D eigenvalue weighted by atomic mass is 9.94. The second kappa shape index (κ2) is 11.0. The number of hydrogen-bond acceptors (Lipinski definition) is 4. The second-order valence-electron chi connectivity index (χ2n) is 7.12. The molecule has 144 valence electrons. The zero-order valence-corrected chi connectivity index (χ0v) is 17.3. The predicted octanol–water partition coefficient (Wildman–Crippen LogP) is 4.93. The Balaban J connectivity index is 5.56. The average molecular weight is 354 g/mol. The highest BCUT2D eigenvalue weighted by Crippen LogP contribution is 2.23. The Morgan fingerprint density at radius 2 is 1.52 bits per heavy atom. The highest BCUT2D eigenvalue weighted by Gasteiger charge is 2.24. The van der Waals surface area contributed by atoms with Gasteiger partial charge >= 0.3 is 12.1 Å². The maximum atomic E-state index is 12.4. The van der Waals surface area contributed by atoms with Crippen LogP contribution in [-0.2, 0) is 14.3 Å². The molecule has 0 N–H and O–H groups in total. The molecule has 1 amide bonds. The molecule has 25 heavy (non-hydrogen) atoms. The van der Waals surface area contributed by atoms with Gasteiger partial charge in [-0.2, -0.15) is 0 Å². The van der Waals surface area contributed by atoms with Crippen LogP contribution in [0, 0.1) is 11.8 Å². The van der Waals surface area contributed by atoms with E-state index in [0.29, 0.717) is 18.1 Å². The standard InChI is InChI=1S/C20H35NO4/c1-10-24-19(22)17(9)18(16(8)11-13(2)3)12-25-20(23)21(14(4)5)15(6)7/h11-15,17H,10H2,1-9H3/b16-11-,18-12+. The number of ether oxygens (including phenoxy) is 2.